The van der Waals surface area contributed by atoms with Crippen LogP contribution in [0.25, 0.3) is 0 Å². The SMILES string of the molecule is CN1CCN(C(=O)c2cc(Cl)ccc2O)C[C@@H]1CO. The summed E-state index contributed by atoms with van der Waals surface area (Å²) in [6.45, 7) is 1.70. The van der Waals surface area contributed by atoms with Gasteiger partial charge in [-0.25, -0.2) is 0 Å². The number of phenols is 1. The van der Waals surface area contributed by atoms with Gasteiger partial charge in [-0.05, 0) is 25.2 Å². The summed E-state index contributed by atoms with van der Waals surface area (Å²) < 4.78 is 0. The third kappa shape index (κ3) is 3.00. The number of aliphatic hydroxyl groups is 1. The molecule has 0 aliphatic carbocycles. The van der Waals surface area contributed by atoms with Gasteiger partial charge < -0.3 is 15.1 Å². The molecule has 2 N–H and O–H groups in total. The quantitative estimate of drug-likeness (QED) is 0.843. The van der Waals surface area contributed by atoms with E-state index in [1.165, 1.54) is 18.2 Å². The fraction of sp³-hybridized carbons (Fsp3) is 0.462. The molecule has 0 aromatic heterocycles. The Labute approximate surface area is 117 Å². The van der Waals surface area contributed by atoms with E-state index in [4.69, 9.17) is 11.6 Å². The van der Waals surface area contributed by atoms with Crippen molar-refractivity contribution in [1.82, 2.24) is 9.80 Å². The minimum Gasteiger partial charge on any atom is -0.507 e. The van der Waals surface area contributed by atoms with Crippen molar-refractivity contribution in [2.24, 2.45) is 0 Å². The van der Waals surface area contributed by atoms with Crippen molar-refractivity contribution in [3.63, 3.8) is 0 Å². The molecule has 0 unspecified atom stereocenters. The molecule has 5 nitrogen and oxygen atoms in total. The molecule has 1 heterocycles. The van der Waals surface area contributed by atoms with Crippen LogP contribution in [0.5, 0.6) is 5.75 Å². The molecule has 1 aliphatic heterocycles. The Morgan fingerprint density at radius 1 is 1.47 bits per heavy atom. The van der Waals surface area contributed by atoms with E-state index < -0.39 is 0 Å². The number of benzene rings is 1. The maximum absolute atomic E-state index is 12.3. The molecule has 1 atom stereocenters. The highest BCUT2D eigenvalue weighted by atomic mass is 35.5. The smallest absolute Gasteiger partial charge is 0.257 e. The van der Waals surface area contributed by atoms with E-state index in [-0.39, 0.29) is 29.9 Å². The van der Waals surface area contributed by atoms with E-state index in [1.54, 1.807) is 4.90 Å². The lowest BCUT2D eigenvalue weighted by Crippen LogP contribution is -2.54. The first-order chi connectivity index (χ1) is 9.02. The summed E-state index contributed by atoms with van der Waals surface area (Å²) in [7, 11) is 1.92. The number of halogens is 1. The highest BCUT2D eigenvalue weighted by Gasteiger charge is 2.28. The number of phenolic OH excluding ortho intramolecular Hbond substituents is 1. The number of carbonyl (C=O) groups excluding carboxylic acids is 1. The number of aromatic hydroxyl groups is 1. The second-order valence-corrected chi connectivity index (χ2v) is 5.17. The Bertz CT molecular complexity index is 481. The second-order valence-electron chi connectivity index (χ2n) is 4.73. The van der Waals surface area contributed by atoms with E-state index in [0.717, 1.165) is 0 Å². The Morgan fingerprint density at radius 2 is 2.21 bits per heavy atom. The van der Waals surface area contributed by atoms with E-state index in [1.807, 2.05) is 11.9 Å². The van der Waals surface area contributed by atoms with E-state index in [2.05, 4.69) is 0 Å². The van der Waals surface area contributed by atoms with E-state index in [9.17, 15) is 15.0 Å². The highest BCUT2D eigenvalue weighted by Crippen LogP contribution is 2.23. The van der Waals surface area contributed by atoms with Gasteiger partial charge in [0.25, 0.3) is 5.91 Å². The van der Waals surface area contributed by atoms with Crippen LogP contribution in [-0.4, -0.2) is 65.3 Å². The molecule has 1 aromatic rings. The van der Waals surface area contributed by atoms with Crippen LogP contribution >= 0.6 is 11.6 Å². The highest BCUT2D eigenvalue weighted by molar-refractivity contribution is 6.31. The minimum absolute atomic E-state index is 0.00179. The summed E-state index contributed by atoms with van der Waals surface area (Å²) in [5, 5.41) is 19.4. The third-order valence-corrected chi connectivity index (χ3v) is 3.70. The van der Waals surface area contributed by atoms with Crippen LogP contribution in [0.1, 0.15) is 10.4 Å². The van der Waals surface area contributed by atoms with Gasteiger partial charge in [-0.1, -0.05) is 11.6 Å². The molecule has 1 saturated heterocycles. The molecule has 0 saturated carbocycles. The lowest BCUT2D eigenvalue weighted by molar-refractivity contribution is 0.0419. The molecule has 6 heteroatoms. The number of amides is 1. The first-order valence-electron chi connectivity index (χ1n) is 6.12. The number of hydrogen-bond donors (Lipinski definition) is 2. The minimum atomic E-state index is -0.258. The predicted molar refractivity (Wildman–Crippen MR) is 72.5 cm³/mol. The zero-order valence-electron chi connectivity index (χ0n) is 10.7. The van der Waals surface area contributed by atoms with E-state index in [0.29, 0.717) is 24.7 Å². The van der Waals surface area contributed by atoms with Crippen LogP contribution in [-0.2, 0) is 0 Å². The molecule has 0 radical (unpaired) electrons. The molecule has 2 rings (SSSR count). The van der Waals surface area contributed by atoms with Gasteiger partial charge in [-0.2, -0.15) is 0 Å². The summed E-state index contributed by atoms with van der Waals surface area (Å²) in [5.74, 6) is -0.333. The van der Waals surface area contributed by atoms with Crippen molar-refractivity contribution in [3.05, 3.63) is 28.8 Å². The summed E-state index contributed by atoms with van der Waals surface area (Å²) in [6, 6.07) is 4.34. The van der Waals surface area contributed by atoms with Crippen LogP contribution in [0.2, 0.25) is 5.02 Å². The number of carbonyl (C=O) groups is 1. The maximum atomic E-state index is 12.3. The van der Waals surface area contributed by atoms with Gasteiger partial charge in [0.05, 0.1) is 18.2 Å². The summed E-state index contributed by atoms with van der Waals surface area (Å²) in [5.41, 5.74) is 0.203. The molecule has 104 valence electrons. The van der Waals surface area contributed by atoms with Gasteiger partial charge in [-0.15, -0.1) is 0 Å². The van der Waals surface area contributed by atoms with E-state index >= 15 is 0 Å². The van der Waals surface area contributed by atoms with Gasteiger partial charge in [0.15, 0.2) is 0 Å². The lowest BCUT2D eigenvalue weighted by atomic mass is 10.1. The molecule has 19 heavy (non-hydrogen) atoms. The molecule has 1 aromatic carbocycles. The topological polar surface area (TPSA) is 64.0 Å². The molecule has 0 spiro atoms. The van der Waals surface area contributed by atoms with Gasteiger partial charge >= 0.3 is 0 Å². The van der Waals surface area contributed by atoms with Crippen LogP contribution in [0.3, 0.4) is 0 Å². The number of rotatable bonds is 2. The Kier molecular flexibility index (Phi) is 4.29. The fourth-order valence-corrected chi connectivity index (χ4v) is 2.35. The Balaban J connectivity index is 2.18. The average molecular weight is 285 g/mol. The van der Waals surface area contributed by atoms with Gasteiger partial charge in [0.2, 0.25) is 0 Å². The molecule has 1 aliphatic rings. The van der Waals surface area contributed by atoms with Crippen molar-refractivity contribution < 1.29 is 15.0 Å². The van der Waals surface area contributed by atoms with Gasteiger partial charge in [0, 0.05) is 24.7 Å². The summed E-state index contributed by atoms with van der Waals surface area (Å²) in [4.78, 5) is 16.0. The number of aliphatic hydroxyl groups excluding tert-OH is 1. The standard InChI is InChI=1S/C13H17ClN2O3/c1-15-4-5-16(7-10(15)8-17)13(19)11-6-9(14)2-3-12(11)18/h2-3,6,10,17-18H,4-5,7-8H2,1H3/t10-/m1/s1. The van der Waals surface area contributed by atoms with Crippen molar-refractivity contribution in [2.45, 2.75) is 6.04 Å². The van der Waals surface area contributed by atoms with Crippen LogP contribution in [0.15, 0.2) is 18.2 Å². The first-order valence-corrected chi connectivity index (χ1v) is 6.49. The zero-order chi connectivity index (χ0) is 14.0. The maximum Gasteiger partial charge on any atom is 0.257 e. The van der Waals surface area contributed by atoms with Crippen molar-refractivity contribution in [3.8, 4) is 5.75 Å². The van der Waals surface area contributed by atoms with Crippen LogP contribution in [0, 0.1) is 0 Å². The Hall–Kier alpha value is -1.30. The van der Waals surface area contributed by atoms with Crippen molar-refractivity contribution >= 4 is 17.5 Å². The number of nitrogens with zero attached hydrogens (tertiary/aromatic N) is 2. The largest absolute Gasteiger partial charge is 0.507 e. The van der Waals surface area contributed by atoms with Gasteiger partial charge in [-0.3, -0.25) is 9.69 Å². The third-order valence-electron chi connectivity index (χ3n) is 3.46. The van der Waals surface area contributed by atoms with Crippen molar-refractivity contribution in [1.29, 1.82) is 0 Å². The Morgan fingerprint density at radius 3 is 2.89 bits per heavy atom. The molecular formula is C13H17ClN2O3. The number of piperazine rings is 1. The van der Waals surface area contributed by atoms with Gasteiger partial charge in [0.1, 0.15) is 5.75 Å². The summed E-state index contributed by atoms with van der Waals surface area (Å²) in [6.07, 6.45) is 0. The predicted octanol–water partition coefficient (Wildman–Crippen LogP) is 0.794. The van der Waals surface area contributed by atoms with Crippen LogP contribution in [0.4, 0.5) is 0 Å². The first kappa shape index (κ1) is 14.1. The molecule has 0 bridgehead atoms. The monoisotopic (exact) mass is 284 g/mol. The summed E-state index contributed by atoms with van der Waals surface area (Å²) >= 11 is 5.85. The van der Waals surface area contributed by atoms with Crippen molar-refractivity contribution in [2.75, 3.05) is 33.3 Å². The lowest BCUT2D eigenvalue weighted by Gasteiger charge is -2.38. The fourth-order valence-electron chi connectivity index (χ4n) is 2.18. The normalized spacial score (nSPS) is 20.6. The van der Waals surface area contributed by atoms with Crippen LogP contribution < -0.4 is 0 Å². The molecule has 1 fully saturated rings. The zero-order valence-corrected chi connectivity index (χ0v) is 11.5. The average Bonchev–Trinajstić information content (AvgIpc) is 2.41. The number of hydrogen-bond acceptors (Lipinski definition) is 4. The second kappa shape index (κ2) is 5.77. The molecule has 1 amide bonds. The molecular weight excluding hydrogens is 268 g/mol. The number of likely N-dealkylation sites (N-methyl/N-ethyl adjacent to an activating group) is 1.